The minimum Gasteiger partial charge on any atom is -0.477 e. The molecule has 4 N–H and O–H groups in total. The molecule has 10 nitrogen and oxygen atoms in total. The second-order valence-electron chi connectivity index (χ2n) is 9.21. The van der Waals surface area contributed by atoms with Crippen molar-refractivity contribution in [2.45, 2.75) is 25.9 Å². The highest BCUT2D eigenvalue weighted by molar-refractivity contribution is 5.84. The first-order chi connectivity index (χ1) is 17.6. The van der Waals surface area contributed by atoms with Crippen molar-refractivity contribution in [1.29, 1.82) is 0 Å². The van der Waals surface area contributed by atoms with Crippen LogP contribution < -0.4 is 15.4 Å². The molecule has 3 atom stereocenters. The molecule has 1 aromatic heterocycles. The molecule has 204 valence electrons. The predicted molar refractivity (Wildman–Crippen MR) is 127 cm³/mol. The first-order valence-electron chi connectivity index (χ1n) is 11.8. The van der Waals surface area contributed by atoms with Gasteiger partial charge in [-0.05, 0) is 48.9 Å². The largest absolute Gasteiger partial charge is 0.573 e. The Labute approximate surface area is 212 Å². The van der Waals surface area contributed by atoms with Crippen molar-refractivity contribution in [3.8, 4) is 5.75 Å². The summed E-state index contributed by atoms with van der Waals surface area (Å²) in [6, 6.07) is 6.03. The van der Waals surface area contributed by atoms with Crippen LogP contribution in [0, 0.1) is 17.8 Å². The van der Waals surface area contributed by atoms with Crippen LogP contribution in [0.5, 0.6) is 5.75 Å². The third-order valence-electron chi connectivity index (χ3n) is 6.21. The number of piperidine rings is 1. The summed E-state index contributed by atoms with van der Waals surface area (Å²) in [7, 11) is 1.61. The second kappa shape index (κ2) is 12.9. The highest BCUT2D eigenvalue weighted by atomic mass is 19.4. The summed E-state index contributed by atoms with van der Waals surface area (Å²) >= 11 is 0. The molecule has 3 unspecified atom stereocenters. The van der Waals surface area contributed by atoms with Crippen LogP contribution >= 0.6 is 0 Å². The maximum Gasteiger partial charge on any atom is 0.573 e. The number of carbonyl (C=O) groups excluding carboxylic acids is 1. The number of likely N-dealkylation sites (tertiary alicyclic amines) is 1. The number of carboxylic acids is 1. The Morgan fingerprint density at radius 2 is 2.03 bits per heavy atom. The fourth-order valence-corrected chi connectivity index (χ4v) is 4.59. The Hall–Kier alpha value is -3.16. The monoisotopic (exact) mass is 527 g/mol. The van der Waals surface area contributed by atoms with Crippen LogP contribution in [0.3, 0.4) is 0 Å². The van der Waals surface area contributed by atoms with E-state index < -0.39 is 12.3 Å². The normalized spacial score (nSPS) is 21.4. The molecule has 1 aromatic carbocycles. The standard InChI is InChI=1S/C20H28F3N3O3.C4H4N2O2/c1-13(12-28-2)25-19(27)11-26-9-17-16(18(17)10-26)8-24-7-14-4-3-5-15(6-14)29-20(21,22)23;7-4(8)3-1-5-2-6-3/h3-6,13,16-18,24H,7-12H2,1-2H3,(H,25,27);1-2H,(H,5,6)(H,7,8). The number of aromatic nitrogens is 2. The van der Waals surface area contributed by atoms with Crippen LogP contribution in [-0.2, 0) is 16.1 Å². The van der Waals surface area contributed by atoms with Crippen molar-refractivity contribution in [1.82, 2.24) is 25.5 Å². The molecule has 1 aliphatic heterocycles. The molecule has 2 aromatic rings. The number of imidazole rings is 1. The van der Waals surface area contributed by atoms with Gasteiger partial charge in [-0.25, -0.2) is 9.78 Å². The van der Waals surface area contributed by atoms with Gasteiger partial charge in [0.05, 0.1) is 25.7 Å². The summed E-state index contributed by atoms with van der Waals surface area (Å²) in [6.45, 7) is 5.97. The van der Waals surface area contributed by atoms with Gasteiger partial charge in [0.2, 0.25) is 5.91 Å². The van der Waals surface area contributed by atoms with Gasteiger partial charge in [-0.15, -0.1) is 13.2 Å². The summed E-state index contributed by atoms with van der Waals surface area (Å²) in [5, 5.41) is 14.5. The number of rotatable bonds is 11. The summed E-state index contributed by atoms with van der Waals surface area (Å²) in [5.74, 6) is 0.581. The number of hydrogen-bond donors (Lipinski definition) is 4. The third kappa shape index (κ3) is 9.34. The number of alkyl halides is 3. The van der Waals surface area contributed by atoms with E-state index in [1.165, 1.54) is 24.7 Å². The molecule has 13 heteroatoms. The number of methoxy groups -OCH3 is 1. The van der Waals surface area contributed by atoms with E-state index >= 15 is 0 Å². The number of H-pyrrole nitrogens is 1. The van der Waals surface area contributed by atoms with Gasteiger partial charge in [0.1, 0.15) is 11.4 Å². The van der Waals surface area contributed by atoms with Crippen LogP contribution in [0.1, 0.15) is 23.0 Å². The zero-order valence-corrected chi connectivity index (χ0v) is 20.6. The molecule has 2 aliphatic rings. The van der Waals surface area contributed by atoms with E-state index in [1.807, 2.05) is 6.92 Å². The number of halogens is 3. The average molecular weight is 528 g/mol. The smallest absolute Gasteiger partial charge is 0.477 e. The zero-order chi connectivity index (χ0) is 27.0. The van der Waals surface area contributed by atoms with E-state index in [4.69, 9.17) is 9.84 Å². The number of nitrogens with zero attached hydrogens (tertiary/aromatic N) is 2. The topological polar surface area (TPSA) is 129 Å². The van der Waals surface area contributed by atoms with Crippen molar-refractivity contribution < 1.29 is 37.3 Å². The highest BCUT2D eigenvalue weighted by Crippen LogP contribution is 2.51. The molecule has 2 heterocycles. The first-order valence-corrected chi connectivity index (χ1v) is 11.8. The van der Waals surface area contributed by atoms with E-state index in [0.29, 0.717) is 37.5 Å². The quantitative estimate of drug-likeness (QED) is 0.350. The van der Waals surface area contributed by atoms with Crippen molar-refractivity contribution in [3.05, 3.63) is 48.0 Å². The van der Waals surface area contributed by atoms with Crippen LogP contribution in [0.2, 0.25) is 0 Å². The van der Waals surface area contributed by atoms with E-state index in [9.17, 15) is 22.8 Å². The highest BCUT2D eigenvalue weighted by Gasteiger charge is 2.54. The van der Waals surface area contributed by atoms with Gasteiger partial charge in [0.15, 0.2) is 0 Å². The molecule has 37 heavy (non-hydrogen) atoms. The van der Waals surface area contributed by atoms with Crippen LogP contribution in [0.4, 0.5) is 13.2 Å². The Kier molecular flexibility index (Phi) is 9.89. The maximum absolute atomic E-state index is 12.3. The molecular formula is C24H32F3N5O5. The average Bonchev–Trinajstić information content (AvgIpc) is 3.18. The molecule has 0 radical (unpaired) electrons. The van der Waals surface area contributed by atoms with Gasteiger partial charge < -0.3 is 30.2 Å². The van der Waals surface area contributed by atoms with Crippen LogP contribution in [-0.4, -0.2) is 84.2 Å². The number of carboxylic acid groups (broad SMARTS) is 1. The van der Waals surface area contributed by atoms with E-state index in [-0.39, 0.29) is 23.4 Å². The fraction of sp³-hybridized carbons (Fsp3) is 0.542. The lowest BCUT2D eigenvalue weighted by Crippen LogP contribution is -2.42. The van der Waals surface area contributed by atoms with E-state index in [2.05, 4.69) is 30.2 Å². The number of aromatic amines is 1. The second-order valence-corrected chi connectivity index (χ2v) is 9.21. The number of aromatic carboxylic acids is 1. The molecule has 0 spiro atoms. The van der Waals surface area contributed by atoms with E-state index in [1.54, 1.807) is 19.2 Å². The van der Waals surface area contributed by atoms with Gasteiger partial charge in [-0.3, -0.25) is 9.69 Å². The number of fused-ring (bicyclic) bond motifs is 1. The van der Waals surface area contributed by atoms with Crippen LogP contribution in [0.15, 0.2) is 36.8 Å². The van der Waals surface area contributed by atoms with Gasteiger partial charge in [0, 0.05) is 32.8 Å². The van der Waals surface area contributed by atoms with Gasteiger partial charge in [0.25, 0.3) is 0 Å². The lowest BCUT2D eigenvalue weighted by atomic mass is 10.2. The Morgan fingerprint density at radius 3 is 2.59 bits per heavy atom. The number of carbonyl (C=O) groups is 2. The maximum atomic E-state index is 12.3. The Morgan fingerprint density at radius 1 is 1.30 bits per heavy atom. The van der Waals surface area contributed by atoms with Crippen LogP contribution in [0.25, 0.3) is 0 Å². The molecule has 1 saturated heterocycles. The zero-order valence-electron chi connectivity index (χ0n) is 20.6. The van der Waals surface area contributed by atoms with Crippen molar-refractivity contribution >= 4 is 11.9 Å². The molecule has 1 amide bonds. The lowest BCUT2D eigenvalue weighted by molar-refractivity contribution is -0.274. The molecule has 4 rings (SSSR count). The molecular weight excluding hydrogens is 495 g/mol. The number of hydrogen-bond acceptors (Lipinski definition) is 7. The van der Waals surface area contributed by atoms with Crippen molar-refractivity contribution in [2.75, 3.05) is 39.9 Å². The number of benzene rings is 1. The number of nitrogens with one attached hydrogen (secondary N) is 3. The SMILES string of the molecule is COCC(C)NC(=O)CN1CC2C(CNCc3cccc(OC(F)(F)F)c3)C2C1.O=C(O)c1cnc[nH]1. The first kappa shape index (κ1) is 28.4. The molecule has 1 saturated carbocycles. The Balaban J connectivity index is 0.000000405. The molecule has 1 aliphatic carbocycles. The summed E-state index contributed by atoms with van der Waals surface area (Å²) in [6.07, 6.45) is -2.10. The lowest BCUT2D eigenvalue weighted by Gasteiger charge is -2.20. The molecule has 0 bridgehead atoms. The van der Waals surface area contributed by atoms with Crippen molar-refractivity contribution in [2.24, 2.45) is 17.8 Å². The third-order valence-corrected chi connectivity index (χ3v) is 6.21. The van der Waals surface area contributed by atoms with Gasteiger partial charge >= 0.3 is 12.3 Å². The van der Waals surface area contributed by atoms with Gasteiger partial charge in [-0.1, -0.05) is 12.1 Å². The molecule has 2 fully saturated rings. The minimum atomic E-state index is -4.68. The predicted octanol–water partition coefficient (Wildman–Crippen LogP) is 2.11. The summed E-state index contributed by atoms with van der Waals surface area (Å²) < 4.78 is 45.9. The van der Waals surface area contributed by atoms with E-state index in [0.717, 1.165) is 25.2 Å². The summed E-state index contributed by atoms with van der Waals surface area (Å²) in [4.78, 5) is 30.1. The Bertz CT molecular complexity index is 1010. The van der Waals surface area contributed by atoms with Crippen molar-refractivity contribution in [3.63, 3.8) is 0 Å². The number of ether oxygens (including phenoxy) is 2. The van der Waals surface area contributed by atoms with Gasteiger partial charge in [-0.2, -0.15) is 0 Å². The minimum absolute atomic E-state index is 0.00150. The fourth-order valence-electron chi connectivity index (χ4n) is 4.59. The summed E-state index contributed by atoms with van der Waals surface area (Å²) in [5.41, 5.74) is 0.867. The number of amides is 1.